The van der Waals surface area contributed by atoms with Crippen LogP contribution in [-0.4, -0.2) is 197 Å². The molecule has 0 spiro atoms. The van der Waals surface area contributed by atoms with Crippen LogP contribution in [0.15, 0.2) is 52.9 Å². The number of methoxy groups -OCH3 is 1. The smallest absolute Gasteiger partial charge is 0.335 e. The normalized spacial score (nSPS) is 12.6. The van der Waals surface area contributed by atoms with Crippen LogP contribution in [0.2, 0.25) is 0 Å². The number of fused-ring (bicyclic) bond motifs is 2. The third-order valence-electron chi connectivity index (χ3n) is 12.4. The van der Waals surface area contributed by atoms with Gasteiger partial charge in [0.25, 0.3) is 11.8 Å². The van der Waals surface area contributed by atoms with Crippen molar-refractivity contribution >= 4 is 51.6 Å². The molecule has 76 heavy (non-hydrogen) atoms. The second-order valence-electron chi connectivity index (χ2n) is 18.6. The zero-order valence-electron chi connectivity index (χ0n) is 46.2. The number of carbonyl (C=O) groups is 4. The van der Waals surface area contributed by atoms with Crippen molar-refractivity contribution in [2.75, 3.05) is 183 Å². The number of hydroxylamine groups is 2. The summed E-state index contributed by atoms with van der Waals surface area (Å²) in [4.78, 5) is 58.9. The van der Waals surface area contributed by atoms with Crippen LogP contribution in [0.25, 0.3) is 33.4 Å². The Kier molecular flexibility index (Phi) is 26.9. The molecule has 0 atom stereocenters. The van der Waals surface area contributed by atoms with Gasteiger partial charge in [-0.15, -0.1) is 5.06 Å². The molecule has 1 aliphatic carbocycles. The molecule has 2 aliphatic heterocycles. The second kappa shape index (κ2) is 33.4. The van der Waals surface area contributed by atoms with Crippen LogP contribution in [0.4, 0.5) is 17.1 Å². The van der Waals surface area contributed by atoms with Crippen molar-refractivity contribution in [3.05, 3.63) is 53.9 Å². The molecule has 0 aromatic heterocycles. The molecule has 2 amide bonds. The van der Waals surface area contributed by atoms with Gasteiger partial charge in [0.1, 0.15) is 37.0 Å². The molecule has 0 bridgehead atoms. The van der Waals surface area contributed by atoms with Gasteiger partial charge in [-0.3, -0.25) is 14.4 Å². The lowest BCUT2D eigenvalue weighted by molar-refractivity contribution is -0.198. The Hall–Kier alpha value is -5.71. The molecule has 20 heteroatoms. The fourth-order valence-electron chi connectivity index (χ4n) is 8.26. The number of hydrogen-bond acceptors (Lipinski definition) is 18. The minimum atomic E-state index is -0.704. The largest absolute Gasteiger partial charge is 0.496 e. The Morgan fingerprint density at radius 1 is 0.605 bits per heavy atom. The van der Waals surface area contributed by atoms with Gasteiger partial charge in [-0.1, -0.05) is 0 Å². The zero-order chi connectivity index (χ0) is 54.7. The van der Waals surface area contributed by atoms with Crippen molar-refractivity contribution in [1.82, 2.24) is 9.64 Å². The molecule has 2 heterocycles. The highest BCUT2D eigenvalue weighted by atomic mass is 16.7. The predicted molar refractivity (Wildman–Crippen MR) is 290 cm³/mol. The second-order valence-corrected chi connectivity index (χ2v) is 18.6. The van der Waals surface area contributed by atoms with Gasteiger partial charge in [0.15, 0.2) is 0 Å². The van der Waals surface area contributed by atoms with E-state index < -0.39 is 17.8 Å². The van der Waals surface area contributed by atoms with E-state index >= 15 is 0 Å². The van der Waals surface area contributed by atoms with Crippen LogP contribution < -0.4 is 29.4 Å². The molecule has 420 valence electrons. The molecule has 0 N–H and O–H groups in total. The first-order valence-corrected chi connectivity index (χ1v) is 26.4. The van der Waals surface area contributed by atoms with Crippen LogP contribution in [0, 0.1) is 0 Å². The van der Waals surface area contributed by atoms with Crippen LogP contribution in [0.5, 0.6) is 5.75 Å². The molecule has 1 saturated heterocycles. The highest BCUT2D eigenvalue weighted by Gasteiger charge is 2.33. The third-order valence-corrected chi connectivity index (χ3v) is 12.4. The maximum Gasteiger partial charge on any atom is 0.335 e. The third kappa shape index (κ3) is 19.7. The number of nitrogens with zero attached hydrogens (tertiary/aromatic N) is 5. The number of Topliss-reactive ketones (excluding diaryl/α,β-unsaturated/α-hetero) is 1. The fourth-order valence-corrected chi connectivity index (χ4v) is 8.26. The van der Waals surface area contributed by atoms with Crippen molar-refractivity contribution in [2.24, 2.45) is 0 Å². The Labute approximate surface area is 447 Å². The summed E-state index contributed by atoms with van der Waals surface area (Å²) in [5.74, 6) is 0.0551. The number of ketones is 1. The van der Waals surface area contributed by atoms with Gasteiger partial charge in [-0.2, -0.15) is 0 Å². The van der Waals surface area contributed by atoms with Crippen LogP contribution >= 0.6 is 0 Å². The molecule has 2 aromatic carbocycles. The molecular formula is C56H82N5O15+. The summed E-state index contributed by atoms with van der Waals surface area (Å²) in [5, 5.41) is 2.57. The van der Waals surface area contributed by atoms with Gasteiger partial charge < -0.3 is 66.6 Å². The lowest BCUT2D eigenvalue weighted by atomic mass is 9.92. The maximum atomic E-state index is 12.9. The molecule has 5 rings (SSSR count). The number of carbonyl (C=O) groups excluding carboxylic acids is 4. The first-order valence-electron chi connectivity index (χ1n) is 26.4. The van der Waals surface area contributed by atoms with Crippen LogP contribution in [0.3, 0.4) is 0 Å². The monoisotopic (exact) mass is 1060 g/mol. The van der Waals surface area contributed by atoms with E-state index in [1.165, 1.54) is 0 Å². The first-order chi connectivity index (χ1) is 36.8. The Balaban J connectivity index is 0.867. The molecule has 1 fully saturated rings. The van der Waals surface area contributed by atoms with E-state index in [-0.39, 0.29) is 38.3 Å². The lowest BCUT2D eigenvalue weighted by Crippen LogP contribution is -2.32. The summed E-state index contributed by atoms with van der Waals surface area (Å²) in [6, 6.07) is 17.0. The molecule has 20 nitrogen and oxygen atoms in total. The summed E-state index contributed by atoms with van der Waals surface area (Å²) in [7, 11) is 14.0. The summed E-state index contributed by atoms with van der Waals surface area (Å²) in [5.41, 5.74) is 6.97. The SMILES string of the molecule is CCN(CCCC(=O)CCCOCCOCCOCCOCCOCCOCCOCCOCCC(=O)ON1C(=O)CCC1=O)c1cc(OC)c(-c2c3ccc(=[N+](C)C)cc-3oc3cc(N(C)C)ccc23)cc1N(C)C. The fraction of sp³-hybridized carbons (Fsp3) is 0.589. The van der Waals surface area contributed by atoms with E-state index in [1.807, 2.05) is 28.2 Å². The van der Waals surface area contributed by atoms with Gasteiger partial charge in [-0.05, 0) is 44.0 Å². The highest BCUT2D eigenvalue weighted by Crippen LogP contribution is 2.47. The molecule has 0 saturated carbocycles. The van der Waals surface area contributed by atoms with Crippen molar-refractivity contribution in [1.29, 1.82) is 0 Å². The van der Waals surface area contributed by atoms with E-state index in [1.54, 1.807) is 7.11 Å². The summed E-state index contributed by atoms with van der Waals surface area (Å²) in [6.07, 6.45) is 2.40. The van der Waals surface area contributed by atoms with Crippen molar-refractivity contribution in [3.8, 4) is 28.2 Å². The van der Waals surface area contributed by atoms with Crippen molar-refractivity contribution in [3.63, 3.8) is 0 Å². The van der Waals surface area contributed by atoms with Gasteiger partial charge in [0.05, 0.1) is 130 Å². The first kappa shape index (κ1) is 61.1. The Morgan fingerprint density at radius 3 is 1.66 bits per heavy atom. The highest BCUT2D eigenvalue weighted by molar-refractivity contribution is 6.05. The average Bonchev–Trinajstić information content (AvgIpc) is 3.76. The Morgan fingerprint density at radius 2 is 1.14 bits per heavy atom. The molecule has 2 aromatic rings. The number of imide groups is 1. The summed E-state index contributed by atoms with van der Waals surface area (Å²) in [6.45, 7) is 10.1. The molecule has 0 unspecified atom stereocenters. The number of ether oxygens (including phenoxy) is 9. The van der Waals surface area contributed by atoms with E-state index in [0.717, 1.165) is 81.1 Å². The van der Waals surface area contributed by atoms with Gasteiger partial charge in [0.2, 0.25) is 5.36 Å². The lowest BCUT2D eigenvalue weighted by Gasteiger charge is -2.30. The Bertz CT molecular complexity index is 2460. The minimum Gasteiger partial charge on any atom is -0.496 e. The van der Waals surface area contributed by atoms with E-state index in [2.05, 4.69) is 88.8 Å². The predicted octanol–water partition coefficient (Wildman–Crippen LogP) is 5.46. The zero-order valence-corrected chi connectivity index (χ0v) is 46.2. The van der Waals surface area contributed by atoms with Gasteiger partial charge in [0, 0.05) is 120 Å². The number of hydrogen-bond donors (Lipinski definition) is 0. The summed E-state index contributed by atoms with van der Waals surface area (Å²) < 4.78 is 59.0. The average molecular weight is 1070 g/mol. The van der Waals surface area contributed by atoms with Crippen LogP contribution in [0.1, 0.15) is 51.9 Å². The minimum absolute atomic E-state index is 0.0525. The molecule has 3 aliphatic rings. The topological polar surface area (TPSA) is 190 Å². The molecular weight excluding hydrogens is 983 g/mol. The van der Waals surface area contributed by atoms with Crippen molar-refractivity contribution < 1.29 is 71.1 Å². The van der Waals surface area contributed by atoms with E-state index in [9.17, 15) is 19.2 Å². The number of anilines is 3. The van der Waals surface area contributed by atoms with E-state index in [0.29, 0.717) is 117 Å². The van der Waals surface area contributed by atoms with Gasteiger partial charge >= 0.3 is 5.97 Å². The number of rotatable bonds is 39. The molecule has 0 radical (unpaired) electrons. The number of amides is 2. The number of benzene rings is 3. The quantitative estimate of drug-likeness (QED) is 0.0237. The van der Waals surface area contributed by atoms with Crippen molar-refractivity contribution in [2.45, 2.75) is 51.9 Å². The standard InChI is InChI=1S/C56H82N5O15/c1-9-60(49-41-50(66-8)47(40-48(49)59(6)7)56-45-16-14-42(57(2)3)38-51(45)75-52-39-43(58(4)5)15-17-46(52)56)21-10-12-44(62)13-11-22-67-24-26-69-28-30-71-32-34-73-36-37-74-35-33-72-31-29-70-27-25-68-23-20-55(65)76-61-53(63)18-19-54(61)64/h14-17,38-41H,9-13,18-37H2,1-8H3/q+1. The van der Waals surface area contributed by atoms with Crippen LogP contribution in [-0.2, 0) is 61.9 Å². The summed E-state index contributed by atoms with van der Waals surface area (Å²) >= 11 is 0. The van der Waals surface area contributed by atoms with E-state index in [4.69, 9.17) is 51.9 Å². The maximum absolute atomic E-state index is 12.9. The van der Waals surface area contributed by atoms with Gasteiger partial charge in [-0.25, -0.2) is 9.37 Å².